The Morgan fingerprint density at radius 1 is 1.62 bits per heavy atom. The van der Waals surface area contributed by atoms with E-state index in [4.69, 9.17) is 4.42 Å². The van der Waals surface area contributed by atoms with E-state index in [1.807, 2.05) is 0 Å². The zero-order valence-corrected chi connectivity index (χ0v) is 10.1. The molecule has 0 aliphatic rings. The van der Waals surface area contributed by atoms with E-state index in [2.05, 4.69) is 36.8 Å². The van der Waals surface area contributed by atoms with E-state index in [0.717, 1.165) is 5.56 Å². The molecule has 0 unspecified atom stereocenters. The lowest BCUT2D eigenvalue weighted by Crippen LogP contribution is -2.15. The van der Waals surface area contributed by atoms with E-state index in [-0.39, 0.29) is 17.6 Å². The van der Waals surface area contributed by atoms with Gasteiger partial charge in [-0.2, -0.15) is 0 Å². The van der Waals surface area contributed by atoms with Gasteiger partial charge in [-0.15, -0.1) is 0 Å². The van der Waals surface area contributed by atoms with Crippen molar-refractivity contribution in [1.82, 2.24) is 20.2 Å². The molecular weight excluding hydrogens is 278 g/mol. The molecule has 2 aromatic rings. The molecule has 0 bridgehead atoms. The summed E-state index contributed by atoms with van der Waals surface area (Å²) in [6, 6.07) is 1.71. The number of aryl methyl sites for hydroxylation is 2. The van der Waals surface area contributed by atoms with Gasteiger partial charge in [0.25, 0.3) is 5.91 Å². The Balaban J connectivity index is 2.21. The lowest BCUT2D eigenvalue weighted by Gasteiger charge is -2.00. The lowest BCUT2D eigenvalue weighted by atomic mass is 10.3. The van der Waals surface area contributed by atoms with Crippen molar-refractivity contribution >= 4 is 27.8 Å². The van der Waals surface area contributed by atoms with Crippen LogP contribution in [0.25, 0.3) is 0 Å². The third-order valence-electron chi connectivity index (χ3n) is 1.94. The first-order valence-electron chi connectivity index (χ1n) is 4.37. The van der Waals surface area contributed by atoms with Gasteiger partial charge in [-0.1, -0.05) is 5.10 Å². The van der Waals surface area contributed by atoms with Gasteiger partial charge in [0.1, 0.15) is 0 Å². The smallest absolute Gasteiger partial charge is 0.294 e. The number of rotatable bonds is 2. The highest BCUT2D eigenvalue weighted by Gasteiger charge is 2.17. The van der Waals surface area contributed by atoms with Gasteiger partial charge in [0, 0.05) is 12.6 Å². The molecule has 2 aromatic heterocycles. The van der Waals surface area contributed by atoms with Crippen molar-refractivity contribution in [3.8, 4) is 0 Å². The van der Waals surface area contributed by atoms with Crippen LogP contribution in [0.2, 0.25) is 0 Å². The molecule has 2 heterocycles. The number of furan rings is 1. The Kier molecular flexibility index (Phi) is 2.73. The van der Waals surface area contributed by atoms with E-state index in [9.17, 15) is 4.79 Å². The molecule has 0 aromatic carbocycles. The minimum absolute atomic E-state index is 0.231. The summed E-state index contributed by atoms with van der Waals surface area (Å²) in [5.41, 5.74) is 0.736. The Labute approximate surface area is 98.9 Å². The highest BCUT2D eigenvalue weighted by atomic mass is 79.9. The minimum Gasteiger partial charge on any atom is -0.444 e. The Bertz CT molecular complexity index is 532. The summed E-state index contributed by atoms with van der Waals surface area (Å²) in [5.74, 6) is 0.105. The monoisotopic (exact) mass is 285 g/mol. The number of nitrogens with one attached hydrogen (secondary N) is 1. The van der Waals surface area contributed by atoms with Gasteiger partial charge in [-0.05, 0) is 39.3 Å². The molecule has 8 heteroatoms. The van der Waals surface area contributed by atoms with Gasteiger partial charge in [0.2, 0.25) is 5.95 Å². The number of halogens is 1. The van der Waals surface area contributed by atoms with Crippen LogP contribution in [0.4, 0.5) is 5.95 Å². The Morgan fingerprint density at radius 3 is 2.88 bits per heavy atom. The molecule has 0 saturated heterocycles. The fraction of sp³-hybridized carbons (Fsp3) is 0.250. The van der Waals surface area contributed by atoms with Gasteiger partial charge in [0.15, 0.2) is 10.4 Å². The highest BCUT2D eigenvalue weighted by Crippen LogP contribution is 2.20. The molecule has 1 N–H and O–H groups in total. The summed E-state index contributed by atoms with van der Waals surface area (Å²) < 4.78 is 7.05. The van der Waals surface area contributed by atoms with E-state index in [1.54, 1.807) is 20.0 Å². The van der Waals surface area contributed by atoms with Crippen molar-refractivity contribution < 1.29 is 9.21 Å². The minimum atomic E-state index is -0.388. The number of hydrogen-bond acceptors (Lipinski definition) is 5. The molecule has 84 valence electrons. The van der Waals surface area contributed by atoms with Gasteiger partial charge in [0.05, 0.1) is 0 Å². The van der Waals surface area contributed by atoms with Crippen molar-refractivity contribution in [3.05, 3.63) is 22.1 Å². The predicted molar refractivity (Wildman–Crippen MR) is 57.9 cm³/mol. The van der Waals surface area contributed by atoms with Crippen molar-refractivity contribution in [3.63, 3.8) is 0 Å². The summed E-state index contributed by atoms with van der Waals surface area (Å²) in [7, 11) is 1.63. The average Bonchev–Trinajstić information content (AvgIpc) is 2.74. The number of amides is 1. The Morgan fingerprint density at radius 2 is 2.38 bits per heavy atom. The maximum atomic E-state index is 11.8. The second-order valence-electron chi connectivity index (χ2n) is 3.14. The van der Waals surface area contributed by atoms with Crippen molar-refractivity contribution in [2.24, 2.45) is 7.05 Å². The SMILES string of the molecule is Cc1cc(Br)oc1C(=O)Nc1nnnn1C. The molecule has 0 atom stereocenters. The second-order valence-corrected chi connectivity index (χ2v) is 3.92. The van der Waals surface area contributed by atoms with Crippen LogP contribution in [0.5, 0.6) is 0 Å². The highest BCUT2D eigenvalue weighted by molar-refractivity contribution is 9.10. The summed E-state index contributed by atoms with van der Waals surface area (Å²) in [5, 5.41) is 13.2. The summed E-state index contributed by atoms with van der Waals surface area (Å²) in [6.07, 6.45) is 0. The number of carbonyl (C=O) groups is 1. The van der Waals surface area contributed by atoms with E-state index in [0.29, 0.717) is 4.67 Å². The zero-order chi connectivity index (χ0) is 11.7. The lowest BCUT2D eigenvalue weighted by molar-refractivity contribution is 0.0993. The fourth-order valence-electron chi connectivity index (χ4n) is 1.16. The van der Waals surface area contributed by atoms with Crippen LogP contribution >= 0.6 is 15.9 Å². The average molecular weight is 286 g/mol. The largest absolute Gasteiger partial charge is 0.444 e. The number of carbonyl (C=O) groups excluding carboxylic acids is 1. The van der Waals surface area contributed by atoms with Crippen LogP contribution in [0, 0.1) is 6.92 Å². The molecule has 0 saturated carbocycles. The predicted octanol–water partition coefficient (Wildman–Crippen LogP) is 1.13. The molecule has 7 nitrogen and oxygen atoms in total. The van der Waals surface area contributed by atoms with Gasteiger partial charge in [-0.3, -0.25) is 10.1 Å². The molecular formula is C8H8BrN5O2. The molecule has 0 fully saturated rings. The van der Waals surface area contributed by atoms with Crippen molar-refractivity contribution in [1.29, 1.82) is 0 Å². The van der Waals surface area contributed by atoms with Gasteiger partial charge >= 0.3 is 0 Å². The van der Waals surface area contributed by atoms with E-state index >= 15 is 0 Å². The zero-order valence-electron chi connectivity index (χ0n) is 8.56. The summed E-state index contributed by atoms with van der Waals surface area (Å²) in [4.78, 5) is 11.8. The summed E-state index contributed by atoms with van der Waals surface area (Å²) in [6.45, 7) is 1.78. The second kappa shape index (κ2) is 4.05. The van der Waals surface area contributed by atoms with Crippen LogP contribution in [-0.2, 0) is 7.05 Å². The first-order valence-corrected chi connectivity index (χ1v) is 5.17. The quantitative estimate of drug-likeness (QED) is 0.894. The van der Waals surface area contributed by atoms with Crippen LogP contribution in [-0.4, -0.2) is 26.1 Å². The molecule has 1 amide bonds. The molecule has 16 heavy (non-hydrogen) atoms. The number of hydrogen-bond donors (Lipinski definition) is 1. The molecule has 0 aliphatic carbocycles. The number of anilines is 1. The summed E-state index contributed by atoms with van der Waals surface area (Å²) >= 11 is 3.15. The van der Waals surface area contributed by atoms with Crippen LogP contribution in [0.3, 0.4) is 0 Å². The third kappa shape index (κ3) is 1.96. The number of tetrazole rings is 1. The van der Waals surface area contributed by atoms with Crippen LogP contribution in [0.1, 0.15) is 16.1 Å². The topological polar surface area (TPSA) is 85.8 Å². The number of aromatic nitrogens is 4. The van der Waals surface area contributed by atoms with Crippen molar-refractivity contribution in [2.75, 3.05) is 5.32 Å². The van der Waals surface area contributed by atoms with E-state index < -0.39 is 0 Å². The molecule has 0 aliphatic heterocycles. The third-order valence-corrected chi connectivity index (χ3v) is 2.33. The van der Waals surface area contributed by atoms with E-state index in [1.165, 1.54) is 4.68 Å². The van der Waals surface area contributed by atoms with Gasteiger partial charge in [-0.25, -0.2) is 4.68 Å². The fourth-order valence-corrected chi connectivity index (χ4v) is 1.67. The number of nitrogens with zero attached hydrogens (tertiary/aromatic N) is 4. The standard InChI is InChI=1S/C8H8BrN5O2/c1-4-3-5(9)16-6(4)7(15)10-8-11-12-13-14(8)2/h3H,1-2H3,(H,10,11,13,15). The maximum Gasteiger partial charge on any atom is 0.294 e. The van der Waals surface area contributed by atoms with Gasteiger partial charge < -0.3 is 4.42 Å². The molecule has 0 radical (unpaired) electrons. The molecule has 2 rings (SSSR count). The van der Waals surface area contributed by atoms with Crippen LogP contribution in [0.15, 0.2) is 15.2 Å². The van der Waals surface area contributed by atoms with Crippen molar-refractivity contribution in [2.45, 2.75) is 6.92 Å². The molecule has 0 spiro atoms. The van der Waals surface area contributed by atoms with Crippen LogP contribution < -0.4 is 5.32 Å². The first kappa shape index (κ1) is 10.8. The first-order chi connectivity index (χ1) is 7.58. The Hall–Kier alpha value is -1.70. The normalized spacial score (nSPS) is 10.4. The maximum absolute atomic E-state index is 11.8.